The summed E-state index contributed by atoms with van der Waals surface area (Å²) in [5.74, 6) is 0.451. The lowest BCUT2D eigenvalue weighted by Gasteiger charge is -2.36. The standard InChI is InChI=1S/C22H24ClN3O5/c23-16-7-8-19(20(14-16)26(28)29)24-9-11-25(12-10-24)22(27)18-5-1-2-6-21(18)31-15-17-4-3-13-30-17/h1-2,5-8,14,17H,3-4,9-13,15H2. The van der Waals surface area contributed by atoms with Crippen molar-refractivity contribution in [1.82, 2.24) is 4.90 Å². The van der Waals surface area contributed by atoms with Gasteiger partial charge in [0, 0.05) is 43.9 Å². The van der Waals surface area contributed by atoms with Crippen molar-refractivity contribution in [3.05, 3.63) is 63.2 Å². The van der Waals surface area contributed by atoms with Crippen LogP contribution in [-0.2, 0) is 4.74 Å². The first-order valence-electron chi connectivity index (χ1n) is 10.3. The summed E-state index contributed by atoms with van der Waals surface area (Å²) in [4.78, 5) is 27.8. The van der Waals surface area contributed by atoms with Gasteiger partial charge in [-0.3, -0.25) is 14.9 Å². The van der Waals surface area contributed by atoms with Crippen LogP contribution in [0.1, 0.15) is 23.2 Å². The number of nitro benzene ring substituents is 1. The molecule has 164 valence electrons. The van der Waals surface area contributed by atoms with Gasteiger partial charge in [-0.25, -0.2) is 0 Å². The van der Waals surface area contributed by atoms with Gasteiger partial charge in [0.25, 0.3) is 11.6 Å². The Balaban J connectivity index is 1.42. The molecule has 1 unspecified atom stereocenters. The fourth-order valence-corrected chi connectivity index (χ4v) is 4.13. The number of halogens is 1. The average Bonchev–Trinajstić information content (AvgIpc) is 3.31. The Morgan fingerprint density at radius 2 is 1.97 bits per heavy atom. The molecule has 2 aliphatic rings. The highest BCUT2D eigenvalue weighted by Gasteiger charge is 2.28. The second kappa shape index (κ2) is 9.53. The highest BCUT2D eigenvalue weighted by Crippen LogP contribution is 2.32. The Hall–Kier alpha value is -2.84. The number of piperazine rings is 1. The van der Waals surface area contributed by atoms with Gasteiger partial charge in [-0.15, -0.1) is 0 Å². The zero-order valence-electron chi connectivity index (χ0n) is 17.0. The van der Waals surface area contributed by atoms with Crippen LogP contribution in [-0.4, -0.2) is 61.2 Å². The summed E-state index contributed by atoms with van der Waals surface area (Å²) in [5.41, 5.74) is 1.01. The Kier molecular flexibility index (Phi) is 6.58. The quantitative estimate of drug-likeness (QED) is 0.497. The van der Waals surface area contributed by atoms with Crippen LogP contribution in [0, 0.1) is 10.1 Å². The molecule has 0 spiro atoms. The van der Waals surface area contributed by atoms with E-state index in [1.54, 1.807) is 29.2 Å². The maximum atomic E-state index is 13.2. The van der Waals surface area contributed by atoms with Crippen molar-refractivity contribution in [1.29, 1.82) is 0 Å². The highest BCUT2D eigenvalue weighted by atomic mass is 35.5. The van der Waals surface area contributed by atoms with Gasteiger partial charge in [-0.05, 0) is 37.1 Å². The van der Waals surface area contributed by atoms with Crippen molar-refractivity contribution < 1.29 is 19.2 Å². The van der Waals surface area contributed by atoms with Gasteiger partial charge >= 0.3 is 0 Å². The SMILES string of the molecule is O=C(c1ccccc1OCC1CCCO1)N1CCN(c2ccc(Cl)cc2[N+](=O)[O-])CC1. The summed E-state index contributed by atoms with van der Waals surface area (Å²) in [6.45, 7) is 3.08. The molecular weight excluding hydrogens is 422 g/mol. The van der Waals surface area contributed by atoms with Gasteiger partial charge in [0.05, 0.1) is 16.6 Å². The number of para-hydroxylation sites is 1. The third-order valence-corrected chi connectivity index (χ3v) is 5.84. The minimum Gasteiger partial charge on any atom is -0.490 e. The molecule has 0 bridgehead atoms. The van der Waals surface area contributed by atoms with E-state index in [0.717, 1.165) is 19.4 Å². The summed E-state index contributed by atoms with van der Waals surface area (Å²) >= 11 is 5.92. The van der Waals surface area contributed by atoms with E-state index in [4.69, 9.17) is 21.1 Å². The zero-order chi connectivity index (χ0) is 21.8. The lowest BCUT2D eigenvalue weighted by atomic mass is 10.1. The summed E-state index contributed by atoms with van der Waals surface area (Å²) in [5, 5.41) is 11.7. The fourth-order valence-electron chi connectivity index (χ4n) is 3.96. The molecule has 4 rings (SSSR count). The molecule has 0 aliphatic carbocycles. The van der Waals surface area contributed by atoms with Crippen LogP contribution in [0.25, 0.3) is 0 Å². The predicted octanol–water partition coefficient (Wildman–Crippen LogP) is 3.77. The smallest absolute Gasteiger partial charge is 0.294 e. The lowest BCUT2D eigenvalue weighted by molar-refractivity contribution is -0.384. The Morgan fingerprint density at radius 1 is 1.19 bits per heavy atom. The van der Waals surface area contributed by atoms with Crippen molar-refractivity contribution in [2.75, 3.05) is 44.3 Å². The van der Waals surface area contributed by atoms with E-state index in [1.807, 2.05) is 17.0 Å². The Labute approximate surface area is 185 Å². The van der Waals surface area contributed by atoms with Crippen molar-refractivity contribution in [3.63, 3.8) is 0 Å². The molecule has 0 N–H and O–H groups in total. The summed E-state index contributed by atoms with van der Waals surface area (Å²) in [6, 6.07) is 11.9. The second-order valence-corrected chi connectivity index (χ2v) is 8.05. The van der Waals surface area contributed by atoms with Gasteiger partial charge in [-0.1, -0.05) is 23.7 Å². The molecule has 0 aromatic heterocycles. The highest BCUT2D eigenvalue weighted by molar-refractivity contribution is 6.30. The number of ether oxygens (including phenoxy) is 2. The first-order valence-corrected chi connectivity index (χ1v) is 10.7. The molecule has 31 heavy (non-hydrogen) atoms. The molecule has 2 saturated heterocycles. The van der Waals surface area contributed by atoms with Crippen LogP contribution in [0.2, 0.25) is 5.02 Å². The Morgan fingerprint density at radius 3 is 2.68 bits per heavy atom. The fraction of sp³-hybridized carbons (Fsp3) is 0.409. The number of rotatable bonds is 6. The normalized spacial score (nSPS) is 18.8. The van der Waals surface area contributed by atoms with Crippen LogP contribution in [0.5, 0.6) is 5.75 Å². The predicted molar refractivity (Wildman–Crippen MR) is 117 cm³/mol. The van der Waals surface area contributed by atoms with Crippen LogP contribution in [0.4, 0.5) is 11.4 Å². The first kappa shape index (κ1) is 21.4. The van der Waals surface area contributed by atoms with Crippen molar-refractivity contribution in [2.45, 2.75) is 18.9 Å². The molecule has 2 aromatic rings. The van der Waals surface area contributed by atoms with Gasteiger partial charge in [0.15, 0.2) is 0 Å². The van der Waals surface area contributed by atoms with E-state index >= 15 is 0 Å². The number of nitro groups is 1. The molecule has 1 atom stereocenters. The number of benzene rings is 2. The lowest BCUT2D eigenvalue weighted by Crippen LogP contribution is -2.49. The summed E-state index contributed by atoms with van der Waals surface area (Å²) < 4.78 is 11.5. The van der Waals surface area contributed by atoms with Gasteiger partial charge in [-0.2, -0.15) is 0 Å². The van der Waals surface area contributed by atoms with E-state index in [-0.39, 0.29) is 17.7 Å². The largest absolute Gasteiger partial charge is 0.490 e. The number of hydrogen-bond acceptors (Lipinski definition) is 6. The summed E-state index contributed by atoms with van der Waals surface area (Å²) in [7, 11) is 0. The average molecular weight is 446 g/mol. The van der Waals surface area contributed by atoms with Crippen LogP contribution in [0.3, 0.4) is 0 Å². The van der Waals surface area contributed by atoms with Crippen LogP contribution in [0.15, 0.2) is 42.5 Å². The minimum atomic E-state index is -0.430. The van der Waals surface area contributed by atoms with E-state index in [2.05, 4.69) is 0 Å². The summed E-state index contributed by atoms with van der Waals surface area (Å²) in [6.07, 6.45) is 2.07. The van der Waals surface area contributed by atoms with Crippen molar-refractivity contribution in [3.8, 4) is 5.75 Å². The molecule has 2 aliphatic heterocycles. The minimum absolute atomic E-state index is 0.0276. The van der Waals surface area contributed by atoms with Gasteiger partial charge < -0.3 is 19.3 Å². The number of carbonyl (C=O) groups excluding carboxylic acids is 1. The second-order valence-electron chi connectivity index (χ2n) is 7.61. The van der Waals surface area contributed by atoms with Crippen molar-refractivity contribution >= 4 is 28.9 Å². The van der Waals surface area contributed by atoms with Crippen molar-refractivity contribution in [2.24, 2.45) is 0 Å². The molecule has 8 nitrogen and oxygen atoms in total. The molecule has 9 heteroatoms. The number of nitrogens with zero attached hydrogens (tertiary/aromatic N) is 3. The molecule has 0 saturated carbocycles. The van der Waals surface area contributed by atoms with Gasteiger partial charge in [0.1, 0.15) is 18.0 Å². The topological polar surface area (TPSA) is 85.2 Å². The van der Waals surface area contributed by atoms with Gasteiger partial charge in [0.2, 0.25) is 0 Å². The zero-order valence-corrected chi connectivity index (χ0v) is 17.8. The third-order valence-electron chi connectivity index (χ3n) is 5.61. The molecule has 2 fully saturated rings. The number of carbonyl (C=O) groups is 1. The third kappa shape index (κ3) is 4.91. The molecule has 2 aromatic carbocycles. The van der Waals surface area contributed by atoms with Crippen LogP contribution < -0.4 is 9.64 Å². The van der Waals surface area contributed by atoms with E-state index in [9.17, 15) is 14.9 Å². The van der Waals surface area contributed by atoms with E-state index < -0.39 is 4.92 Å². The maximum absolute atomic E-state index is 13.2. The van der Waals surface area contributed by atoms with E-state index in [1.165, 1.54) is 6.07 Å². The molecule has 1 amide bonds. The molecule has 0 radical (unpaired) electrons. The number of hydrogen-bond donors (Lipinski definition) is 0. The number of amides is 1. The number of anilines is 1. The molecule has 2 heterocycles. The molecular formula is C22H24ClN3O5. The maximum Gasteiger partial charge on any atom is 0.294 e. The Bertz CT molecular complexity index is 956. The monoisotopic (exact) mass is 445 g/mol. The van der Waals surface area contributed by atoms with Crippen LogP contribution >= 0.6 is 11.6 Å². The first-order chi connectivity index (χ1) is 15.0. The van der Waals surface area contributed by atoms with E-state index in [0.29, 0.717) is 54.8 Å².